The molecule has 0 fully saturated rings. The number of rotatable bonds is 3. The van der Waals surface area contributed by atoms with Gasteiger partial charge in [0.15, 0.2) is 0 Å². The Morgan fingerprint density at radius 3 is 1.01 bits per heavy atom. The van der Waals surface area contributed by atoms with Crippen molar-refractivity contribution < 1.29 is 9.47 Å². The molecule has 0 saturated carbocycles. The molecule has 19 rings (SSSR count). The standard InChI is InChI=1S/C76H46NO2.Sb/c1-46-27-31-50(32-28-46)77-51-33-37-55(48-29-35-63-61-19-7-13-25-69(61)75(71(63)41-48)65-21-9-3-15-57(65)58-16-4-10-22-66(58)75)73(43-51)78-53-39-47(2)40-54(45-53)79-74-44-52(77)34-38-56(74)49-30-36-64-62-20-8-14-26-70(62)76(72(64)42-49)67-23-11-5-17-59(67)60-18-6-12-24-68(60)76;/h3-42H,1-2H3;. The third-order valence-electron chi connectivity index (χ3n) is 18.9. The molecule has 3 nitrogen and oxygen atoms in total. The Morgan fingerprint density at radius 2 is 0.637 bits per heavy atom. The van der Waals surface area contributed by atoms with Gasteiger partial charge in [-0.15, -0.1) is 0 Å². The summed E-state index contributed by atoms with van der Waals surface area (Å²) in [5, 5.41) is 0. The van der Waals surface area contributed by atoms with Crippen molar-refractivity contribution >= 4 is 47.8 Å². The van der Waals surface area contributed by atoms with Gasteiger partial charge in [-0.05, 0) is 0 Å². The number of anilines is 3. The molecule has 0 aromatic heterocycles. The van der Waals surface area contributed by atoms with Crippen molar-refractivity contribution in [3.63, 3.8) is 0 Å². The van der Waals surface area contributed by atoms with E-state index in [0.29, 0.717) is 0 Å². The minimum atomic E-state index is -3.08. The van der Waals surface area contributed by atoms with Gasteiger partial charge in [-0.3, -0.25) is 0 Å². The Bertz CT molecular complexity index is 4430. The molecular weight excluding hydrogens is 1080 g/mol. The first kappa shape index (κ1) is 43.8. The monoisotopic (exact) mass is 1130 g/mol. The Morgan fingerprint density at radius 1 is 0.300 bits per heavy atom. The van der Waals surface area contributed by atoms with Crippen molar-refractivity contribution in [1.82, 2.24) is 0 Å². The molecule has 4 heteroatoms. The topological polar surface area (TPSA) is 21.7 Å². The van der Waals surface area contributed by atoms with Gasteiger partial charge in [0.1, 0.15) is 0 Å². The van der Waals surface area contributed by atoms with Crippen LogP contribution >= 0.6 is 0 Å². The van der Waals surface area contributed by atoms with Gasteiger partial charge in [0.05, 0.1) is 0 Å². The molecule has 0 unspecified atom stereocenters. The fraction of sp³-hybridized carbons (Fsp3) is 0.0526. The Balaban J connectivity index is 0.854. The Labute approximate surface area is 471 Å². The van der Waals surface area contributed by atoms with E-state index >= 15 is 0 Å². The molecule has 7 aliphatic rings. The second kappa shape index (κ2) is 15.4. The third kappa shape index (κ3) is 5.20. The molecule has 372 valence electrons. The molecule has 4 aliphatic carbocycles. The fourth-order valence-electron chi connectivity index (χ4n) is 15.8. The average Bonchev–Trinajstić information content (AvgIpc) is 3.89. The van der Waals surface area contributed by atoms with Gasteiger partial charge in [-0.25, -0.2) is 0 Å². The molecule has 0 N–H and O–H groups in total. The zero-order valence-corrected chi connectivity index (χ0v) is 46.4. The Kier molecular flexibility index (Phi) is 8.41. The summed E-state index contributed by atoms with van der Waals surface area (Å²) in [5.41, 5.74) is 30.6. The van der Waals surface area contributed by atoms with Gasteiger partial charge < -0.3 is 0 Å². The van der Waals surface area contributed by atoms with Gasteiger partial charge in [-0.1, -0.05) is 0 Å². The second-order valence-corrected chi connectivity index (χ2v) is 28.5. The summed E-state index contributed by atoms with van der Waals surface area (Å²) in [5.74, 6) is 3.81. The van der Waals surface area contributed by atoms with Gasteiger partial charge in [0.2, 0.25) is 0 Å². The number of nitrogens with zero attached hydrogens (tertiary/aromatic N) is 1. The summed E-state index contributed by atoms with van der Waals surface area (Å²) < 4.78 is 19.1. The van der Waals surface area contributed by atoms with Crippen LogP contribution in [-0.4, -0.2) is 20.2 Å². The number of hydrogen-bond donors (Lipinski definition) is 0. The maximum atomic E-state index is 7.58. The van der Waals surface area contributed by atoms with E-state index in [-0.39, 0.29) is 0 Å². The quantitative estimate of drug-likeness (QED) is 0.165. The van der Waals surface area contributed by atoms with Crippen LogP contribution in [0, 0.1) is 13.8 Å². The van der Waals surface area contributed by atoms with Crippen LogP contribution in [0.4, 0.5) is 17.1 Å². The summed E-state index contributed by atoms with van der Waals surface area (Å²) >= 11 is -3.08. The van der Waals surface area contributed by atoms with Crippen LogP contribution in [-0.2, 0) is 10.8 Å². The average molecular weight is 1130 g/mol. The predicted molar refractivity (Wildman–Crippen MR) is 325 cm³/mol. The molecule has 2 spiro atoms. The molecule has 0 radical (unpaired) electrons. The van der Waals surface area contributed by atoms with E-state index < -0.39 is 31.0 Å². The molecule has 0 atom stereocenters. The third-order valence-corrected chi connectivity index (χ3v) is 26.4. The molecule has 0 bridgehead atoms. The van der Waals surface area contributed by atoms with E-state index in [1.165, 1.54) is 116 Å². The van der Waals surface area contributed by atoms with Crippen LogP contribution in [0.5, 0.6) is 23.0 Å². The molecule has 3 aliphatic heterocycles. The van der Waals surface area contributed by atoms with Crippen molar-refractivity contribution in [3.8, 4) is 89.8 Å². The van der Waals surface area contributed by atoms with Gasteiger partial charge in [0, 0.05) is 0 Å². The Hall–Kier alpha value is -9.14. The number of hydrogen-bond acceptors (Lipinski definition) is 3. The van der Waals surface area contributed by atoms with Crippen LogP contribution < -0.4 is 24.9 Å². The van der Waals surface area contributed by atoms with Crippen LogP contribution in [0.2, 0.25) is 0 Å². The first-order valence-corrected chi connectivity index (χ1v) is 31.7. The van der Waals surface area contributed by atoms with E-state index in [1.807, 2.05) is 0 Å². The number of ether oxygens (including phenoxy) is 2. The molecule has 80 heavy (non-hydrogen) atoms. The zero-order chi connectivity index (χ0) is 52.3. The molecule has 0 amide bonds. The molecule has 12 aromatic carbocycles. The number of aryl methyl sites for hydroxylation is 2. The van der Waals surface area contributed by atoms with E-state index in [1.54, 1.807) is 0 Å². The van der Waals surface area contributed by atoms with Crippen LogP contribution in [0.1, 0.15) is 55.6 Å². The predicted octanol–water partition coefficient (Wildman–Crippen LogP) is 16.8. The molecular formula is C76H46NO2Sb. The maximum absolute atomic E-state index is 7.58. The summed E-state index contributed by atoms with van der Waals surface area (Å²) in [6, 6.07) is 92.2. The van der Waals surface area contributed by atoms with E-state index in [9.17, 15) is 0 Å². The van der Waals surface area contributed by atoms with Crippen molar-refractivity contribution in [3.05, 3.63) is 298 Å². The minimum absolute atomic E-state index is 0.463. The van der Waals surface area contributed by atoms with Gasteiger partial charge in [0.25, 0.3) is 0 Å². The first-order chi connectivity index (χ1) is 39.5. The van der Waals surface area contributed by atoms with Crippen molar-refractivity contribution in [2.75, 3.05) is 4.90 Å². The molecule has 0 saturated heterocycles. The SMILES string of the molecule is Cc1ccc(N2c3ccc(-c4ccc5c(c4)C4(c6ccccc6-c6ccccc64)c4ccccc4-5)c4[c]3[Sb]3[c]5c(cc(C)cc5Oc5c(-c6ccc7c(c6)C6(c8ccccc8-c8ccccc86)c6ccccc6-7)ccc2[c]53)O4)cc1. The summed E-state index contributed by atoms with van der Waals surface area (Å²) in [7, 11) is 0. The zero-order valence-electron chi connectivity index (χ0n) is 43.8. The van der Waals surface area contributed by atoms with Crippen LogP contribution in [0.15, 0.2) is 243 Å². The summed E-state index contributed by atoms with van der Waals surface area (Å²) in [4.78, 5) is 2.50. The summed E-state index contributed by atoms with van der Waals surface area (Å²) in [6.45, 7) is 4.35. The fourth-order valence-corrected chi connectivity index (χ4v) is 24.1. The van der Waals surface area contributed by atoms with Gasteiger partial charge in [-0.2, -0.15) is 0 Å². The summed E-state index contributed by atoms with van der Waals surface area (Å²) in [6.07, 6.45) is 0. The normalized spacial score (nSPS) is 15.2. The van der Waals surface area contributed by atoms with Crippen LogP contribution in [0.3, 0.4) is 0 Å². The van der Waals surface area contributed by atoms with Crippen molar-refractivity contribution in [2.24, 2.45) is 0 Å². The van der Waals surface area contributed by atoms with E-state index in [2.05, 4.69) is 261 Å². The number of benzene rings is 12. The van der Waals surface area contributed by atoms with Crippen LogP contribution in [0.25, 0.3) is 66.8 Å². The van der Waals surface area contributed by atoms with Crippen molar-refractivity contribution in [2.45, 2.75) is 24.7 Å². The van der Waals surface area contributed by atoms with E-state index in [4.69, 9.17) is 9.47 Å². The molecule has 3 heterocycles. The molecule has 12 aromatic rings. The van der Waals surface area contributed by atoms with E-state index in [0.717, 1.165) is 56.5 Å². The number of fused-ring (bicyclic) bond motifs is 20. The first-order valence-electron chi connectivity index (χ1n) is 27.9. The van der Waals surface area contributed by atoms with Gasteiger partial charge >= 0.3 is 475 Å². The second-order valence-electron chi connectivity index (χ2n) is 22.7. The van der Waals surface area contributed by atoms with Crippen molar-refractivity contribution in [1.29, 1.82) is 0 Å².